The predicted octanol–water partition coefficient (Wildman–Crippen LogP) is 3.07. The monoisotopic (exact) mass is 402 g/mol. The average Bonchev–Trinajstić information content (AvgIpc) is 2.66. The lowest BCUT2D eigenvalue weighted by molar-refractivity contribution is -0.0586. The molecule has 0 aliphatic carbocycles. The zero-order chi connectivity index (χ0) is 20.5. The predicted molar refractivity (Wildman–Crippen MR) is 109 cm³/mol. The molecule has 2 aromatic carbocycles. The van der Waals surface area contributed by atoms with E-state index in [4.69, 9.17) is 4.74 Å². The highest BCUT2D eigenvalue weighted by Gasteiger charge is 2.27. The zero-order valence-corrected chi connectivity index (χ0v) is 17.4. The average molecular weight is 403 g/mol. The smallest absolute Gasteiger partial charge is 0.264 e. The summed E-state index contributed by atoms with van der Waals surface area (Å²) < 4.78 is 32.5. The number of carbonyl (C=O) groups excluding carboxylic acids is 1. The van der Waals surface area contributed by atoms with Crippen molar-refractivity contribution in [3.63, 3.8) is 0 Å². The third-order valence-electron chi connectivity index (χ3n) is 4.86. The van der Waals surface area contributed by atoms with Crippen LogP contribution in [0.3, 0.4) is 0 Å². The van der Waals surface area contributed by atoms with Crippen molar-refractivity contribution in [2.45, 2.75) is 37.9 Å². The molecule has 0 bridgehead atoms. The van der Waals surface area contributed by atoms with Crippen LogP contribution in [0.5, 0.6) is 0 Å². The van der Waals surface area contributed by atoms with Gasteiger partial charge in [0.25, 0.3) is 15.9 Å². The van der Waals surface area contributed by atoms with Crippen molar-refractivity contribution in [2.24, 2.45) is 0 Å². The molecule has 0 saturated carbocycles. The third kappa shape index (κ3) is 4.20. The number of amides is 1. The summed E-state index contributed by atoms with van der Waals surface area (Å²) in [5.41, 5.74) is 2.03. The van der Waals surface area contributed by atoms with Gasteiger partial charge in [-0.2, -0.15) is 0 Å². The second kappa shape index (κ2) is 7.93. The van der Waals surface area contributed by atoms with E-state index in [2.05, 4.69) is 0 Å². The quantitative estimate of drug-likeness (QED) is 0.788. The number of rotatable bonds is 4. The minimum Gasteiger partial charge on any atom is -0.372 e. The molecular formula is C21H26N2O4S. The van der Waals surface area contributed by atoms with Gasteiger partial charge in [0.15, 0.2) is 0 Å². The van der Waals surface area contributed by atoms with Gasteiger partial charge in [-0.1, -0.05) is 17.7 Å². The van der Waals surface area contributed by atoms with Gasteiger partial charge < -0.3 is 9.64 Å². The first-order valence-corrected chi connectivity index (χ1v) is 10.7. The van der Waals surface area contributed by atoms with Gasteiger partial charge in [-0.15, -0.1) is 0 Å². The van der Waals surface area contributed by atoms with Gasteiger partial charge in [0.2, 0.25) is 0 Å². The van der Waals surface area contributed by atoms with Crippen LogP contribution < -0.4 is 4.31 Å². The topological polar surface area (TPSA) is 66.9 Å². The van der Waals surface area contributed by atoms with E-state index >= 15 is 0 Å². The number of carbonyl (C=O) groups is 1. The molecule has 6 nitrogen and oxygen atoms in total. The molecular weight excluding hydrogens is 376 g/mol. The van der Waals surface area contributed by atoms with Crippen molar-refractivity contribution in [2.75, 3.05) is 24.4 Å². The minimum atomic E-state index is -3.66. The first kappa shape index (κ1) is 20.4. The molecule has 0 aromatic heterocycles. The first-order chi connectivity index (χ1) is 13.2. The van der Waals surface area contributed by atoms with Crippen molar-refractivity contribution < 1.29 is 17.9 Å². The van der Waals surface area contributed by atoms with E-state index in [1.807, 2.05) is 20.8 Å². The van der Waals surface area contributed by atoms with Crippen molar-refractivity contribution >= 4 is 21.6 Å². The van der Waals surface area contributed by atoms with E-state index in [-0.39, 0.29) is 23.0 Å². The van der Waals surface area contributed by atoms with Crippen LogP contribution in [0.1, 0.15) is 29.8 Å². The van der Waals surface area contributed by atoms with Crippen LogP contribution in [-0.4, -0.2) is 51.6 Å². The maximum absolute atomic E-state index is 12.8. The Balaban J connectivity index is 1.78. The molecule has 3 rings (SSSR count). The van der Waals surface area contributed by atoms with Gasteiger partial charge in [-0.25, -0.2) is 8.42 Å². The van der Waals surface area contributed by atoms with Gasteiger partial charge in [0.05, 0.1) is 22.8 Å². The zero-order valence-electron chi connectivity index (χ0n) is 16.6. The van der Waals surface area contributed by atoms with Gasteiger partial charge in [0.1, 0.15) is 0 Å². The van der Waals surface area contributed by atoms with Crippen LogP contribution in [0.4, 0.5) is 5.69 Å². The van der Waals surface area contributed by atoms with E-state index < -0.39 is 10.0 Å². The number of sulfonamides is 1. The maximum atomic E-state index is 12.8. The van der Waals surface area contributed by atoms with Crippen molar-refractivity contribution in [3.05, 3.63) is 59.7 Å². The van der Waals surface area contributed by atoms with Crippen LogP contribution in [0.25, 0.3) is 0 Å². The van der Waals surface area contributed by atoms with E-state index in [1.54, 1.807) is 53.4 Å². The lowest BCUT2D eigenvalue weighted by Crippen LogP contribution is -2.48. The molecule has 7 heteroatoms. The minimum absolute atomic E-state index is 0.00208. The van der Waals surface area contributed by atoms with Crippen molar-refractivity contribution in [1.82, 2.24) is 4.90 Å². The molecule has 28 heavy (non-hydrogen) atoms. The Labute approximate surface area is 166 Å². The molecule has 1 aliphatic rings. The third-order valence-corrected chi connectivity index (χ3v) is 6.66. The van der Waals surface area contributed by atoms with Gasteiger partial charge in [-0.05, 0) is 57.2 Å². The molecule has 0 N–H and O–H groups in total. The number of benzene rings is 2. The maximum Gasteiger partial charge on any atom is 0.264 e. The number of anilines is 1. The van der Waals surface area contributed by atoms with E-state index in [1.165, 1.54) is 11.4 Å². The highest BCUT2D eigenvalue weighted by atomic mass is 32.2. The summed E-state index contributed by atoms with van der Waals surface area (Å²) in [7, 11) is -2.14. The Morgan fingerprint density at radius 2 is 1.54 bits per heavy atom. The Morgan fingerprint density at radius 1 is 1.00 bits per heavy atom. The highest BCUT2D eigenvalue weighted by Crippen LogP contribution is 2.23. The summed E-state index contributed by atoms with van der Waals surface area (Å²) in [5.74, 6) is -0.0717. The Kier molecular flexibility index (Phi) is 5.76. The number of nitrogens with zero attached hydrogens (tertiary/aromatic N) is 2. The molecule has 150 valence electrons. The lowest BCUT2D eigenvalue weighted by Gasteiger charge is -2.35. The largest absolute Gasteiger partial charge is 0.372 e. The molecule has 1 amide bonds. The van der Waals surface area contributed by atoms with E-state index in [0.717, 1.165) is 5.56 Å². The van der Waals surface area contributed by atoms with Crippen molar-refractivity contribution in [1.29, 1.82) is 0 Å². The molecule has 1 heterocycles. The number of hydrogen-bond donors (Lipinski definition) is 0. The molecule has 1 aliphatic heterocycles. The Hall–Kier alpha value is -2.38. The normalized spacial score (nSPS) is 20.1. The number of hydrogen-bond acceptors (Lipinski definition) is 4. The molecule has 0 spiro atoms. The molecule has 2 aromatic rings. The van der Waals surface area contributed by atoms with E-state index in [9.17, 15) is 13.2 Å². The SMILES string of the molecule is Cc1ccc(S(=O)(=O)N(C)c2ccc(C(=O)N3C[C@@H](C)O[C@H](C)C3)cc2)cc1. The molecule has 1 saturated heterocycles. The van der Waals surface area contributed by atoms with Gasteiger partial charge >= 0.3 is 0 Å². The fourth-order valence-corrected chi connectivity index (χ4v) is 4.54. The molecule has 1 fully saturated rings. The molecule has 0 unspecified atom stereocenters. The van der Waals surface area contributed by atoms with Crippen LogP contribution in [0, 0.1) is 6.92 Å². The summed E-state index contributed by atoms with van der Waals surface area (Å²) >= 11 is 0. The fraction of sp³-hybridized carbons (Fsp3) is 0.381. The van der Waals surface area contributed by atoms with E-state index in [0.29, 0.717) is 24.3 Å². The second-order valence-corrected chi connectivity index (χ2v) is 9.27. The van der Waals surface area contributed by atoms with Crippen LogP contribution in [0.15, 0.2) is 53.4 Å². The fourth-order valence-electron chi connectivity index (χ4n) is 3.35. The Morgan fingerprint density at radius 3 is 2.07 bits per heavy atom. The van der Waals surface area contributed by atoms with Crippen LogP contribution in [-0.2, 0) is 14.8 Å². The lowest BCUT2D eigenvalue weighted by atomic mass is 10.1. The summed E-state index contributed by atoms with van der Waals surface area (Å²) in [5, 5.41) is 0. The first-order valence-electron chi connectivity index (χ1n) is 9.29. The molecule has 2 atom stereocenters. The summed E-state index contributed by atoms with van der Waals surface area (Å²) in [4.78, 5) is 14.8. The van der Waals surface area contributed by atoms with Crippen LogP contribution in [0.2, 0.25) is 0 Å². The van der Waals surface area contributed by atoms with Crippen LogP contribution >= 0.6 is 0 Å². The van der Waals surface area contributed by atoms with Gasteiger partial charge in [0, 0.05) is 25.7 Å². The molecule has 0 radical (unpaired) electrons. The number of morpholine rings is 1. The Bertz CT molecular complexity index is 929. The standard InChI is InChI=1S/C21H26N2O4S/c1-15-5-11-20(12-6-15)28(25,26)22(4)19-9-7-18(8-10-19)21(24)23-13-16(2)27-17(3)14-23/h5-12,16-17H,13-14H2,1-4H3/t16-,17-/m1/s1. The second-order valence-electron chi connectivity index (χ2n) is 7.30. The summed E-state index contributed by atoms with van der Waals surface area (Å²) in [6, 6.07) is 13.4. The van der Waals surface area contributed by atoms with Crippen molar-refractivity contribution in [3.8, 4) is 0 Å². The number of aryl methyl sites for hydroxylation is 1. The summed E-state index contributed by atoms with van der Waals surface area (Å²) in [6.45, 7) is 6.90. The number of ether oxygens (including phenoxy) is 1. The summed E-state index contributed by atoms with van der Waals surface area (Å²) in [6.07, 6.45) is -0.00415. The van der Waals surface area contributed by atoms with Gasteiger partial charge in [-0.3, -0.25) is 9.10 Å². The highest BCUT2D eigenvalue weighted by molar-refractivity contribution is 7.92.